The van der Waals surface area contributed by atoms with Gasteiger partial charge in [-0.25, -0.2) is 13.9 Å². The average molecular weight is 419 g/mol. The third-order valence-electron chi connectivity index (χ3n) is 5.54. The molecule has 0 unspecified atom stereocenters. The average Bonchev–Trinajstić information content (AvgIpc) is 3.20. The Bertz CT molecular complexity index is 1680. The number of fused-ring (bicyclic) bond motifs is 3. The van der Waals surface area contributed by atoms with Crippen molar-refractivity contribution in [2.45, 2.75) is 26.5 Å². The van der Waals surface area contributed by atoms with Crippen LogP contribution < -0.4 is 4.57 Å². The molecule has 0 amide bonds. The molecular weight excluding hydrogens is 387 g/mol. The van der Waals surface area contributed by atoms with Crippen LogP contribution in [0.3, 0.4) is 0 Å². The SMILES string of the molecule is [2H]C([2H])([2H])C([2H])(c1ccc2c(n1)oc1c(-c3ccc(-c4ccc(F)cc4)c[n+]3C)c(C)ccc12)C([2H])([2H])[2H]. The maximum absolute atomic E-state index is 13.4. The predicted molar refractivity (Wildman–Crippen MR) is 122 cm³/mol. The topological polar surface area (TPSA) is 29.9 Å². The first-order valence-corrected chi connectivity index (χ1v) is 9.82. The zero-order chi connectivity index (χ0) is 27.6. The van der Waals surface area contributed by atoms with Gasteiger partial charge in [-0.05, 0) is 54.3 Å². The van der Waals surface area contributed by atoms with Gasteiger partial charge < -0.3 is 4.42 Å². The zero-order valence-electron chi connectivity index (χ0n) is 24.0. The van der Waals surface area contributed by atoms with Gasteiger partial charge >= 0.3 is 0 Å². The van der Waals surface area contributed by atoms with Crippen LogP contribution in [0, 0.1) is 12.7 Å². The number of pyridine rings is 2. The largest absolute Gasteiger partial charge is 0.437 e. The van der Waals surface area contributed by atoms with Gasteiger partial charge in [0.25, 0.3) is 0 Å². The number of hydrogen-bond acceptors (Lipinski definition) is 2. The molecule has 3 aromatic heterocycles. The molecule has 0 aliphatic carbocycles. The van der Waals surface area contributed by atoms with Crippen LogP contribution >= 0.6 is 0 Å². The number of hydrogen-bond donors (Lipinski definition) is 0. The monoisotopic (exact) mass is 418 g/mol. The van der Waals surface area contributed by atoms with E-state index < -0.39 is 25.3 Å². The van der Waals surface area contributed by atoms with E-state index in [4.69, 9.17) is 14.0 Å². The summed E-state index contributed by atoms with van der Waals surface area (Å²) in [5.74, 6) is -3.23. The van der Waals surface area contributed by atoms with Crippen molar-refractivity contribution in [3.05, 3.63) is 83.9 Å². The summed E-state index contributed by atoms with van der Waals surface area (Å²) in [4.78, 5) is 4.25. The molecule has 3 nitrogen and oxygen atoms in total. The van der Waals surface area contributed by atoms with Crippen LogP contribution in [0.2, 0.25) is 0 Å². The van der Waals surface area contributed by atoms with Crippen LogP contribution in [0.5, 0.6) is 0 Å². The summed E-state index contributed by atoms with van der Waals surface area (Å²) in [7, 11) is 1.89. The summed E-state index contributed by atoms with van der Waals surface area (Å²) in [6, 6.07) is 16.8. The van der Waals surface area contributed by atoms with E-state index in [1.165, 1.54) is 18.2 Å². The molecule has 2 aromatic carbocycles. The number of halogens is 1. The maximum atomic E-state index is 13.4. The van der Waals surface area contributed by atoms with Crippen molar-refractivity contribution in [2.24, 2.45) is 7.05 Å². The van der Waals surface area contributed by atoms with Crippen molar-refractivity contribution in [2.75, 3.05) is 0 Å². The first kappa shape index (κ1) is 13.0. The van der Waals surface area contributed by atoms with E-state index in [1.54, 1.807) is 18.2 Å². The van der Waals surface area contributed by atoms with E-state index >= 15 is 0 Å². The van der Waals surface area contributed by atoms with Gasteiger partial charge in [0.15, 0.2) is 11.8 Å². The summed E-state index contributed by atoms with van der Waals surface area (Å²) >= 11 is 0. The van der Waals surface area contributed by atoms with Crippen LogP contribution in [0.1, 0.15) is 40.5 Å². The first-order valence-electron chi connectivity index (χ1n) is 13.3. The van der Waals surface area contributed by atoms with Gasteiger partial charge in [0.1, 0.15) is 12.9 Å². The Kier molecular flexibility index (Phi) is 3.07. The summed E-state index contributed by atoms with van der Waals surface area (Å²) in [5.41, 5.74) is 4.47. The Morgan fingerprint density at radius 2 is 1.71 bits per heavy atom. The van der Waals surface area contributed by atoms with E-state index in [0.29, 0.717) is 11.0 Å². The molecule has 0 aliphatic heterocycles. The highest BCUT2D eigenvalue weighted by Gasteiger charge is 2.21. The second-order valence-electron chi connectivity index (χ2n) is 7.58. The molecular formula is C27H24FN2O+. The van der Waals surface area contributed by atoms with Gasteiger partial charge in [-0.3, -0.25) is 0 Å². The zero-order valence-corrected chi connectivity index (χ0v) is 17.0. The third kappa shape index (κ3) is 3.28. The normalized spacial score (nSPS) is 16.2. The quantitative estimate of drug-likeness (QED) is 0.305. The van der Waals surface area contributed by atoms with Crippen LogP contribution in [0.4, 0.5) is 4.39 Å². The van der Waals surface area contributed by atoms with Crippen LogP contribution in [0.25, 0.3) is 44.5 Å². The second kappa shape index (κ2) is 7.31. The van der Waals surface area contributed by atoms with Crippen LogP contribution in [-0.2, 0) is 7.05 Å². The first-order chi connectivity index (χ1) is 17.7. The summed E-state index contributed by atoms with van der Waals surface area (Å²) in [5, 5.41) is 1.30. The molecule has 5 aromatic rings. The number of nitrogens with zero attached hydrogens (tertiary/aromatic N) is 2. The number of furan rings is 1. The lowest BCUT2D eigenvalue weighted by atomic mass is 9.99. The summed E-state index contributed by atoms with van der Waals surface area (Å²) < 4.78 is 76.6. The van der Waals surface area contributed by atoms with Gasteiger partial charge in [-0.1, -0.05) is 38.0 Å². The van der Waals surface area contributed by atoms with Gasteiger partial charge in [0.2, 0.25) is 11.4 Å². The van der Waals surface area contributed by atoms with Crippen LogP contribution in [-0.4, -0.2) is 4.98 Å². The van der Waals surface area contributed by atoms with Crippen molar-refractivity contribution in [3.8, 4) is 22.4 Å². The fourth-order valence-electron chi connectivity index (χ4n) is 3.96. The van der Waals surface area contributed by atoms with E-state index in [-0.39, 0.29) is 11.5 Å². The Hall–Kier alpha value is -3.53. The highest BCUT2D eigenvalue weighted by molar-refractivity contribution is 6.08. The Morgan fingerprint density at radius 3 is 2.45 bits per heavy atom. The van der Waals surface area contributed by atoms with Gasteiger partial charge in [-0.15, -0.1) is 0 Å². The van der Waals surface area contributed by atoms with E-state index in [9.17, 15) is 4.39 Å². The predicted octanol–water partition coefficient (Wildman–Crippen LogP) is 6.71. The van der Waals surface area contributed by atoms with Crippen molar-refractivity contribution < 1.29 is 23.0 Å². The molecule has 0 fully saturated rings. The number of aromatic nitrogens is 2. The highest BCUT2D eigenvalue weighted by atomic mass is 19.1. The van der Waals surface area contributed by atoms with Crippen LogP contribution in [0.15, 0.2) is 71.3 Å². The maximum Gasteiger partial charge on any atom is 0.227 e. The van der Waals surface area contributed by atoms with Gasteiger partial charge in [0.05, 0.1) is 5.56 Å². The molecule has 0 radical (unpaired) electrons. The van der Waals surface area contributed by atoms with E-state index in [0.717, 1.165) is 33.3 Å². The number of benzene rings is 2. The Labute approximate surface area is 190 Å². The van der Waals surface area contributed by atoms with Crippen molar-refractivity contribution in [1.29, 1.82) is 0 Å². The molecule has 0 bridgehead atoms. The third-order valence-corrected chi connectivity index (χ3v) is 5.54. The summed E-state index contributed by atoms with van der Waals surface area (Å²) in [6.45, 7) is -4.35. The Morgan fingerprint density at radius 1 is 0.968 bits per heavy atom. The van der Waals surface area contributed by atoms with Crippen molar-refractivity contribution in [3.63, 3.8) is 0 Å². The highest BCUT2D eigenvalue weighted by Crippen LogP contribution is 2.37. The lowest BCUT2D eigenvalue weighted by Crippen LogP contribution is -2.31. The molecule has 5 rings (SSSR count). The molecule has 0 atom stereocenters. The van der Waals surface area contributed by atoms with E-state index in [2.05, 4.69) is 4.98 Å². The van der Waals surface area contributed by atoms with E-state index in [1.807, 2.05) is 49.0 Å². The number of aryl methyl sites for hydroxylation is 2. The molecule has 154 valence electrons. The molecule has 0 N–H and O–H groups in total. The smallest absolute Gasteiger partial charge is 0.227 e. The molecule has 4 heteroatoms. The lowest BCUT2D eigenvalue weighted by molar-refractivity contribution is -0.659. The Balaban J connectivity index is 1.69. The molecule has 0 saturated carbocycles. The van der Waals surface area contributed by atoms with Crippen molar-refractivity contribution in [1.82, 2.24) is 4.98 Å². The van der Waals surface area contributed by atoms with Crippen molar-refractivity contribution >= 4 is 22.1 Å². The lowest BCUT2D eigenvalue weighted by Gasteiger charge is -2.07. The van der Waals surface area contributed by atoms with Gasteiger partial charge in [-0.2, -0.15) is 0 Å². The molecule has 3 heterocycles. The fourth-order valence-corrected chi connectivity index (χ4v) is 3.96. The minimum Gasteiger partial charge on any atom is -0.437 e. The minimum atomic E-state index is -3.15. The summed E-state index contributed by atoms with van der Waals surface area (Å²) in [6.07, 6.45) is 1.93. The molecule has 0 aliphatic rings. The fraction of sp³-hybridized carbons (Fsp3) is 0.185. The second-order valence-corrected chi connectivity index (χ2v) is 7.58. The molecule has 0 spiro atoms. The minimum absolute atomic E-state index is 0.0556. The standard InChI is InChI=1S/C27H24FN2O/c1-16(2)23-13-12-22-21-11-5-17(3)25(26(21)31-27(22)29-23)24-14-8-19(15-30(24)4)18-6-9-20(28)10-7-18/h5-16H,1-4H3/q+1/i1D3,2D3,16D. The molecule has 0 saturated heterocycles. The molecule has 31 heavy (non-hydrogen) atoms. The number of rotatable bonds is 3. The van der Waals surface area contributed by atoms with Gasteiger partial charge in [0, 0.05) is 37.7 Å².